The van der Waals surface area contributed by atoms with Crippen molar-refractivity contribution in [3.05, 3.63) is 12.7 Å². The van der Waals surface area contributed by atoms with Gasteiger partial charge in [-0.1, -0.05) is 20.4 Å². The highest BCUT2D eigenvalue weighted by molar-refractivity contribution is 5.66. The van der Waals surface area contributed by atoms with E-state index in [1.165, 1.54) is 45.2 Å². The second-order valence-corrected chi connectivity index (χ2v) is 16.7. The molecule has 7 aliphatic rings. The lowest BCUT2D eigenvalue weighted by molar-refractivity contribution is -0.937. The third kappa shape index (κ3) is 5.32. The van der Waals surface area contributed by atoms with Gasteiger partial charge in [-0.3, -0.25) is 14.5 Å². The Bertz CT molecular complexity index is 1140. The van der Waals surface area contributed by atoms with Crippen molar-refractivity contribution in [3.63, 3.8) is 0 Å². The normalized spacial score (nSPS) is 45.3. The minimum absolute atomic E-state index is 0.0160. The van der Waals surface area contributed by atoms with Gasteiger partial charge in [0, 0.05) is 70.5 Å². The summed E-state index contributed by atoms with van der Waals surface area (Å²) in [5, 5.41) is 0. The van der Waals surface area contributed by atoms with Crippen LogP contribution in [0.2, 0.25) is 0 Å². The first-order valence-corrected chi connectivity index (χ1v) is 18.4. The van der Waals surface area contributed by atoms with Crippen LogP contribution in [-0.2, 0) is 28.5 Å². The van der Waals surface area contributed by atoms with Crippen LogP contribution >= 0.6 is 0 Å². The number of hydrogen-bond acceptors (Lipinski definition) is 7. The van der Waals surface area contributed by atoms with E-state index in [-0.39, 0.29) is 41.0 Å². The molecule has 4 aliphatic carbocycles. The van der Waals surface area contributed by atoms with Crippen molar-refractivity contribution in [2.45, 2.75) is 128 Å². The third-order valence-corrected chi connectivity index (χ3v) is 14.7. The van der Waals surface area contributed by atoms with Crippen molar-refractivity contribution in [1.82, 2.24) is 4.90 Å². The van der Waals surface area contributed by atoms with Gasteiger partial charge in [0.05, 0.1) is 32.8 Å². The van der Waals surface area contributed by atoms with E-state index in [9.17, 15) is 9.59 Å². The van der Waals surface area contributed by atoms with Crippen LogP contribution < -0.4 is 0 Å². The third-order valence-electron chi connectivity index (χ3n) is 14.7. The standard InChI is InChI=1S/C37H59N2O6/c1-6-17-39(18-7-8-19-39)32-23-30-28-10-9-27-22-33(44-25(2)40)31(38-15-13-37(14-16-38)42-20-21-43-37)24-36(27,5)29(28)11-12-35(30,4)34(32)45-26(3)41/h6,27-34H,1,7-24H2,2-5H3/q+1. The minimum Gasteiger partial charge on any atom is -0.461 e. The Labute approximate surface area is 271 Å². The van der Waals surface area contributed by atoms with Crippen LogP contribution in [0.5, 0.6) is 0 Å². The van der Waals surface area contributed by atoms with Gasteiger partial charge >= 0.3 is 11.9 Å². The van der Waals surface area contributed by atoms with Crippen molar-refractivity contribution in [2.24, 2.45) is 34.5 Å². The maximum absolute atomic E-state index is 12.6. The summed E-state index contributed by atoms with van der Waals surface area (Å²) in [4.78, 5) is 27.6. The van der Waals surface area contributed by atoms with Gasteiger partial charge in [-0.15, -0.1) is 0 Å². The fourth-order valence-electron chi connectivity index (χ4n) is 12.7. The van der Waals surface area contributed by atoms with Crippen molar-refractivity contribution in [1.29, 1.82) is 0 Å². The van der Waals surface area contributed by atoms with Crippen LogP contribution in [0.1, 0.15) is 98.3 Å². The maximum atomic E-state index is 12.6. The van der Waals surface area contributed by atoms with Gasteiger partial charge in [-0.25, -0.2) is 0 Å². The first-order chi connectivity index (χ1) is 21.5. The summed E-state index contributed by atoms with van der Waals surface area (Å²) >= 11 is 0. The second-order valence-electron chi connectivity index (χ2n) is 16.7. The summed E-state index contributed by atoms with van der Waals surface area (Å²) in [5.41, 5.74) is 0.226. The van der Waals surface area contributed by atoms with E-state index >= 15 is 0 Å². The number of hydrogen-bond donors (Lipinski definition) is 0. The van der Waals surface area contributed by atoms with Crippen LogP contribution in [0.15, 0.2) is 12.7 Å². The fourth-order valence-corrected chi connectivity index (χ4v) is 12.7. The SMILES string of the molecule is C=CC[N+]1(C2CC3C4CCC5CC(OC(C)=O)C(N6CCC7(CC6)OCCO7)CC5(C)C4CCC3(C)C2OC(C)=O)CCCC1. The Kier molecular flexibility index (Phi) is 8.48. The average Bonchev–Trinajstić information content (AvgIpc) is 3.72. The van der Waals surface area contributed by atoms with Gasteiger partial charge in [0.2, 0.25) is 0 Å². The molecule has 0 radical (unpaired) electrons. The molecule has 7 rings (SSSR count). The Balaban J connectivity index is 1.16. The highest BCUT2D eigenvalue weighted by atomic mass is 16.7. The molecular formula is C37H59N2O6+. The molecule has 45 heavy (non-hydrogen) atoms. The predicted octanol–water partition coefficient (Wildman–Crippen LogP) is 5.49. The number of quaternary nitrogens is 1. The molecule has 10 atom stereocenters. The molecule has 3 aliphatic heterocycles. The number of carbonyl (C=O) groups excluding carboxylic acids is 2. The quantitative estimate of drug-likeness (QED) is 0.219. The zero-order valence-electron chi connectivity index (χ0n) is 28.5. The molecule has 0 bridgehead atoms. The van der Waals surface area contributed by atoms with Gasteiger partial charge in [-0.05, 0) is 73.7 Å². The first-order valence-electron chi connectivity index (χ1n) is 18.4. The molecule has 1 spiro atoms. The summed E-state index contributed by atoms with van der Waals surface area (Å²) in [6, 6.07) is 0.596. The number of likely N-dealkylation sites (tertiary alicyclic amines) is 2. The van der Waals surface area contributed by atoms with Crippen molar-refractivity contribution in [3.8, 4) is 0 Å². The second kappa shape index (κ2) is 11.9. The van der Waals surface area contributed by atoms with E-state index in [1.54, 1.807) is 13.8 Å². The lowest BCUT2D eigenvalue weighted by atomic mass is 9.44. The molecule has 0 aromatic heterocycles. The Morgan fingerprint density at radius 1 is 0.911 bits per heavy atom. The molecule has 8 heteroatoms. The van der Waals surface area contributed by atoms with Crippen LogP contribution in [0, 0.1) is 34.5 Å². The topological polar surface area (TPSA) is 74.3 Å². The van der Waals surface area contributed by atoms with Crippen LogP contribution in [0.25, 0.3) is 0 Å². The van der Waals surface area contributed by atoms with E-state index < -0.39 is 5.79 Å². The molecule has 0 N–H and O–H groups in total. The number of ether oxygens (including phenoxy) is 4. The van der Waals surface area contributed by atoms with E-state index in [2.05, 4.69) is 31.4 Å². The number of nitrogens with zero attached hydrogens (tertiary/aromatic N) is 2. The summed E-state index contributed by atoms with van der Waals surface area (Å²) in [6.45, 7) is 19.0. The van der Waals surface area contributed by atoms with Crippen LogP contribution in [-0.4, -0.2) is 97.3 Å². The summed E-state index contributed by atoms with van der Waals surface area (Å²) in [5.74, 6) is 1.76. The number of rotatable bonds is 6. The van der Waals surface area contributed by atoms with Gasteiger partial charge in [0.1, 0.15) is 12.1 Å². The lowest BCUT2D eigenvalue weighted by Crippen LogP contribution is -2.62. The molecule has 0 amide bonds. The smallest absolute Gasteiger partial charge is 0.303 e. The first kappa shape index (κ1) is 32.1. The number of fused-ring (bicyclic) bond motifs is 5. The van der Waals surface area contributed by atoms with Crippen LogP contribution in [0.4, 0.5) is 0 Å². The molecule has 0 aromatic rings. The van der Waals surface area contributed by atoms with E-state index in [0.717, 1.165) is 62.6 Å². The zero-order valence-corrected chi connectivity index (χ0v) is 28.5. The summed E-state index contributed by atoms with van der Waals surface area (Å²) in [7, 11) is 0. The predicted molar refractivity (Wildman–Crippen MR) is 171 cm³/mol. The Morgan fingerprint density at radius 3 is 2.24 bits per heavy atom. The molecule has 3 heterocycles. The van der Waals surface area contributed by atoms with Gasteiger partial charge in [0.25, 0.3) is 0 Å². The number of piperidine rings is 1. The molecule has 8 nitrogen and oxygen atoms in total. The monoisotopic (exact) mass is 627 g/mol. The van der Waals surface area contributed by atoms with E-state index in [4.69, 9.17) is 18.9 Å². The van der Waals surface area contributed by atoms with E-state index in [1.807, 2.05) is 0 Å². The zero-order chi connectivity index (χ0) is 31.6. The van der Waals surface area contributed by atoms with Crippen LogP contribution in [0.3, 0.4) is 0 Å². The Morgan fingerprint density at radius 2 is 1.60 bits per heavy atom. The molecule has 3 saturated heterocycles. The Hall–Kier alpha value is -1.48. The van der Waals surface area contributed by atoms with E-state index in [0.29, 0.717) is 42.9 Å². The van der Waals surface area contributed by atoms with Crippen molar-refractivity contribution >= 4 is 11.9 Å². The summed E-state index contributed by atoms with van der Waals surface area (Å²) in [6.07, 6.45) is 14.3. The number of esters is 2. The molecule has 4 saturated carbocycles. The lowest BCUT2D eigenvalue weighted by Gasteiger charge is -2.62. The van der Waals surface area contributed by atoms with Gasteiger partial charge < -0.3 is 23.4 Å². The molecule has 252 valence electrons. The van der Waals surface area contributed by atoms with Gasteiger partial charge in [-0.2, -0.15) is 0 Å². The highest BCUT2D eigenvalue weighted by Crippen LogP contribution is 2.68. The fraction of sp³-hybridized carbons (Fsp3) is 0.892. The molecule has 7 fully saturated rings. The molecular weight excluding hydrogens is 568 g/mol. The average molecular weight is 628 g/mol. The summed E-state index contributed by atoms with van der Waals surface area (Å²) < 4.78 is 25.7. The minimum atomic E-state index is -0.406. The molecule has 10 unspecified atom stereocenters. The van der Waals surface area contributed by atoms with Gasteiger partial charge in [0.15, 0.2) is 11.9 Å². The van der Waals surface area contributed by atoms with Crippen molar-refractivity contribution < 1.29 is 33.0 Å². The highest BCUT2D eigenvalue weighted by Gasteiger charge is 2.68. The molecule has 0 aromatic carbocycles. The van der Waals surface area contributed by atoms with Crippen molar-refractivity contribution in [2.75, 3.05) is 45.9 Å². The number of carbonyl (C=O) groups is 2. The largest absolute Gasteiger partial charge is 0.461 e. The maximum Gasteiger partial charge on any atom is 0.303 e.